The van der Waals surface area contributed by atoms with Crippen LogP contribution in [0.1, 0.15) is 37.1 Å². The molecule has 7 heteroatoms. The lowest BCUT2D eigenvalue weighted by Gasteiger charge is -2.35. The van der Waals surface area contributed by atoms with Crippen LogP contribution in [0.4, 0.5) is 0 Å². The number of carbonyl (C=O) groups is 2. The second-order valence-electron chi connectivity index (χ2n) is 8.61. The molecular weight excluding hydrogens is 388 g/mol. The van der Waals surface area contributed by atoms with Crippen LogP contribution < -0.4 is 0 Å². The van der Waals surface area contributed by atoms with Crippen LogP contribution in [-0.2, 0) is 22.6 Å². The summed E-state index contributed by atoms with van der Waals surface area (Å²) in [5.74, 6) is 0.216. The van der Waals surface area contributed by atoms with Gasteiger partial charge in [0.15, 0.2) is 0 Å². The molecule has 2 fully saturated rings. The van der Waals surface area contributed by atoms with E-state index >= 15 is 0 Å². The van der Waals surface area contributed by atoms with Crippen LogP contribution >= 0.6 is 11.6 Å². The molecule has 0 N–H and O–H groups in total. The molecule has 6 nitrogen and oxygen atoms in total. The van der Waals surface area contributed by atoms with E-state index in [-0.39, 0.29) is 11.8 Å². The topological polar surface area (TPSA) is 48.8 Å². The molecule has 1 aromatic heterocycles. The van der Waals surface area contributed by atoms with Crippen LogP contribution in [0.15, 0.2) is 18.2 Å². The number of carbonyl (C=O) groups excluding carboxylic acids is 2. The Hall–Kier alpha value is -2.05. The van der Waals surface area contributed by atoms with Gasteiger partial charge in [-0.2, -0.15) is 0 Å². The predicted molar refractivity (Wildman–Crippen MR) is 113 cm³/mol. The maximum absolute atomic E-state index is 13.1. The first kappa shape index (κ1) is 18.9. The highest BCUT2D eigenvalue weighted by Crippen LogP contribution is 2.47. The molecular formula is C22H27ClN4O2. The molecule has 0 aliphatic carbocycles. The Kier molecular flexibility index (Phi) is 4.59. The molecule has 2 aromatic rings. The first-order valence-corrected chi connectivity index (χ1v) is 10.9. The van der Waals surface area contributed by atoms with E-state index in [9.17, 15) is 9.59 Å². The molecule has 154 valence electrons. The van der Waals surface area contributed by atoms with Crippen LogP contribution in [0.25, 0.3) is 10.9 Å². The average Bonchev–Trinajstić information content (AvgIpc) is 3.11. The number of fused-ring (bicyclic) bond motifs is 6. The van der Waals surface area contributed by atoms with E-state index in [1.54, 1.807) is 6.92 Å². The zero-order chi connectivity index (χ0) is 20.3. The molecule has 0 spiro atoms. The lowest BCUT2D eigenvalue weighted by atomic mass is 9.97. The monoisotopic (exact) mass is 414 g/mol. The van der Waals surface area contributed by atoms with E-state index in [4.69, 9.17) is 11.6 Å². The highest BCUT2D eigenvalue weighted by atomic mass is 35.5. The minimum Gasteiger partial charge on any atom is -0.339 e. The highest BCUT2D eigenvalue weighted by molar-refractivity contribution is 6.31. The number of halogens is 1. The van der Waals surface area contributed by atoms with Crippen molar-refractivity contribution in [3.05, 3.63) is 34.5 Å². The number of rotatable bonds is 2. The van der Waals surface area contributed by atoms with E-state index in [0.717, 1.165) is 17.0 Å². The van der Waals surface area contributed by atoms with Crippen LogP contribution in [0.5, 0.6) is 0 Å². The molecule has 1 aromatic carbocycles. The third-order valence-electron chi connectivity index (χ3n) is 7.15. The summed E-state index contributed by atoms with van der Waals surface area (Å²) < 4.78 is 2.24. The largest absolute Gasteiger partial charge is 0.339 e. The van der Waals surface area contributed by atoms with Gasteiger partial charge >= 0.3 is 0 Å². The summed E-state index contributed by atoms with van der Waals surface area (Å²) in [5.41, 5.74) is 3.78. The van der Waals surface area contributed by atoms with Crippen molar-refractivity contribution in [3.63, 3.8) is 0 Å². The molecule has 0 radical (unpaired) electrons. The third-order valence-corrected chi connectivity index (χ3v) is 7.39. The number of hydrogen-bond donors (Lipinski definition) is 0. The second-order valence-corrected chi connectivity index (χ2v) is 9.05. The first-order chi connectivity index (χ1) is 13.9. The van der Waals surface area contributed by atoms with E-state index in [1.165, 1.54) is 29.5 Å². The fourth-order valence-electron chi connectivity index (χ4n) is 5.51. The van der Waals surface area contributed by atoms with E-state index in [1.807, 2.05) is 15.9 Å². The lowest BCUT2D eigenvalue weighted by Crippen LogP contribution is -2.50. The van der Waals surface area contributed by atoms with Crippen LogP contribution in [-0.4, -0.2) is 70.3 Å². The molecule has 3 aliphatic heterocycles. The summed E-state index contributed by atoms with van der Waals surface area (Å²) in [6.45, 7) is 4.41. The van der Waals surface area contributed by atoms with E-state index in [0.29, 0.717) is 44.8 Å². The van der Waals surface area contributed by atoms with Gasteiger partial charge in [0.1, 0.15) is 6.54 Å². The zero-order valence-corrected chi connectivity index (χ0v) is 17.8. The van der Waals surface area contributed by atoms with Crippen molar-refractivity contribution in [1.29, 1.82) is 0 Å². The summed E-state index contributed by atoms with van der Waals surface area (Å²) in [6.07, 6.45) is 3.36. The summed E-state index contributed by atoms with van der Waals surface area (Å²) in [5, 5.41) is 1.94. The van der Waals surface area contributed by atoms with Gasteiger partial charge < -0.3 is 14.4 Å². The maximum atomic E-state index is 13.1. The van der Waals surface area contributed by atoms with Crippen molar-refractivity contribution in [2.45, 2.75) is 44.8 Å². The smallest absolute Gasteiger partial charge is 0.242 e. The number of piperazine rings is 1. The molecule has 3 aliphatic rings. The maximum Gasteiger partial charge on any atom is 0.242 e. The summed E-state index contributed by atoms with van der Waals surface area (Å²) in [7, 11) is 2.22. The Morgan fingerprint density at radius 3 is 2.55 bits per heavy atom. The number of likely N-dealkylation sites (N-methyl/N-ethyl adjacent to an activating group) is 1. The molecule has 4 heterocycles. The van der Waals surface area contributed by atoms with Crippen molar-refractivity contribution < 1.29 is 9.59 Å². The van der Waals surface area contributed by atoms with Crippen molar-refractivity contribution >= 4 is 34.3 Å². The normalized spacial score (nSPS) is 24.2. The van der Waals surface area contributed by atoms with Crippen molar-refractivity contribution in [3.8, 4) is 0 Å². The number of nitrogens with zero attached hydrogens (tertiary/aromatic N) is 4. The fraction of sp³-hybridized carbons (Fsp3) is 0.545. The molecule has 2 bridgehead atoms. The Bertz CT molecular complexity index is 992. The standard InChI is InChI=1S/C22H27ClN4O2/c1-14(28)25-7-9-26(10-8-25)21(29)13-27-18-5-3-15(23)11-17(18)22-19-6-4-16(24(19)2)12-20(22)27/h3,5,11,16,19H,4,6-10,12-13H2,1-2H3. The van der Waals surface area contributed by atoms with Gasteiger partial charge in [-0.15, -0.1) is 0 Å². The van der Waals surface area contributed by atoms with Gasteiger partial charge in [-0.05, 0) is 43.7 Å². The van der Waals surface area contributed by atoms with Gasteiger partial charge in [-0.25, -0.2) is 0 Å². The summed E-state index contributed by atoms with van der Waals surface area (Å²) in [4.78, 5) is 30.9. The minimum absolute atomic E-state index is 0.0824. The van der Waals surface area contributed by atoms with Crippen LogP contribution in [0, 0.1) is 0 Å². The Morgan fingerprint density at radius 1 is 1.10 bits per heavy atom. The van der Waals surface area contributed by atoms with Crippen LogP contribution in [0.3, 0.4) is 0 Å². The highest BCUT2D eigenvalue weighted by Gasteiger charge is 2.41. The number of benzene rings is 1. The predicted octanol–water partition coefficient (Wildman–Crippen LogP) is 2.68. The molecule has 2 unspecified atom stereocenters. The zero-order valence-electron chi connectivity index (χ0n) is 17.0. The Morgan fingerprint density at radius 2 is 1.83 bits per heavy atom. The molecule has 2 atom stereocenters. The number of hydrogen-bond acceptors (Lipinski definition) is 3. The van der Waals surface area contributed by atoms with Gasteiger partial charge in [-0.1, -0.05) is 11.6 Å². The van der Waals surface area contributed by atoms with Crippen molar-refractivity contribution in [2.75, 3.05) is 33.2 Å². The van der Waals surface area contributed by atoms with E-state index < -0.39 is 0 Å². The average molecular weight is 415 g/mol. The number of amides is 2. The quantitative estimate of drug-likeness (QED) is 0.759. The molecule has 5 rings (SSSR count). The molecule has 2 amide bonds. The minimum atomic E-state index is 0.0824. The summed E-state index contributed by atoms with van der Waals surface area (Å²) >= 11 is 6.34. The molecule has 29 heavy (non-hydrogen) atoms. The molecule has 0 saturated carbocycles. The van der Waals surface area contributed by atoms with Gasteiger partial charge in [0.2, 0.25) is 11.8 Å². The Balaban J connectivity index is 1.48. The van der Waals surface area contributed by atoms with Gasteiger partial charge in [0, 0.05) is 73.2 Å². The second kappa shape index (κ2) is 7.03. The Labute approximate surface area is 176 Å². The molecule has 2 saturated heterocycles. The number of aromatic nitrogens is 1. The lowest BCUT2D eigenvalue weighted by molar-refractivity contribution is -0.138. The van der Waals surface area contributed by atoms with Crippen molar-refractivity contribution in [2.24, 2.45) is 0 Å². The third kappa shape index (κ3) is 3.04. The van der Waals surface area contributed by atoms with Gasteiger partial charge in [0.05, 0.1) is 0 Å². The van der Waals surface area contributed by atoms with E-state index in [2.05, 4.69) is 28.6 Å². The van der Waals surface area contributed by atoms with Crippen molar-refractivity contribution in [1.82, 2.24) is 19.3 Å². The fourth-order valence-corrected chi connectivity index (χ4v) is 5.69. The van der Waals surface area contributed by atoms with Gasteiger partial charge in [-0.3, -0.25) is 14.5 Å². The SMILES string of the molecule is CC(=O)N1CCN(C(=O)Cn2c3c(c4cc(Cl)ccc42)C2CCC(C3)N2C)CC1. The van der Waals surface area contributed by atoms with Gasteiger partial charge in [0.25, 0.3) is 0 Å². The first-order valence-electron chi connectivity index (χ1n) is 10.5. The van der Waals surface area contributed by atoms with Crippen LogP contribution in [0.2, 0.25) is 5.02 Å². The summed E-state index contributed by atoms with van der Waals surface area (Å²) in [6, 6.07) is 7.02.